The van der Waals surface area contributed by atoms with Gasteiger partial charge in [0.25, 0.3) is 10.0 Å². The second kappa shape index (κ2) is 13.3. The van der Waals surface area contributed by atoms with Crippen LogP contribution >= 0.6 is 11.6 Å². The van der Waals surface area contributed by atoms with Gasteiger partial charge in [0.1, 0.15) is 12.6 Å². The van der Waals surface area contributed by atoms with E-state index in [2.05, 4.69) is 5.32 Å². The third-order valence-corrected chi connectivity index (χ3v) is 8.97. The number of halogens is 1. The second-order valence-electron chi connectivity index (χ2n) is 10.5. The molecule has 0 radical (unpaired) electrons. The van der Waals surface area contributed by atoms with Gasteiger partial charge in [-0.1, -0.05) is 67.4 Å². The van der Waals surface area contributed by atoms with E-state index in [1.165, 1.54) is 17.0 Å². The molecule has 0 saturated carbocycles. The molecule has 0 aliphatic carbocycles. The van der Waals surface area contributed by atoms with Gasteiger partial charge in [-0.3, -0.25) is 13.9 Å². The minimum atomic E-state index is -4.12. The molecule has 2 amide bonds. The molecule has 40 heavy (non-hydrogen) atoms. The Balaban J connectivity index is 2.05. The number of carbonyl (C=O) groups is 2. The van der Waals surface area contributed by atoms with Gasteiger partial charge in [-0.2, -0.15) is 0 Å². The Morgan fingerprint density at radius 1 is 0.900 bits per heavy atom. The topological polar surface area (TPSA) is 86.8 Å². The highest BCUT2D eigenvalue weighted by Gasteiger charge is 2.33. The van der Waals surface area contributed by atoms with E-state index >= 15 is 0 Å². The van der Waals surface area contributed by atoms with Crippen molar-refractivity contribution in [3.05, 3.63) is 94.0 Å². The molecule has 1 atom stereocenters. The number of hydrogen-bond donors (Lipinski definition) is 1. The van der Waals surface area contributed by atoms with Crippen molar-refractivity contribution in [3.8, 4) is 0 Å². The van der Waals surface area contributed by atoms with Gasteiger partial charge < -0.3 is 10.2 Å². The summed E-state index contributed by atoms with van der Waals surface area (Å²) in [4.78, 5) is 28.6. The number of sulfonamides is 1. The molecule has 7 nitrogen and oxygen atoms in total. The molecular weight excluding hydrogens is 546 g/mol. The molecular formula is C31H38ClN3O4S. The number of benzene rings is 3. The van der Waals surface area contributed by atoms with Crippen molar-refractivity contribution in [1.29, 1.82) is 0 Å². The number of amides is 2. The lowest BCUT2D eigenvalue weighted by Gasteiger charge is -2.32. The minimum Gasteiger partial charge on any atom is -0.354 e. The Bertz CT molecular complexity index is 1460. The summed E-state index contributed by atoms with van der Waals surface area (Å²) in [6.45, 7) is 11.3. The maximum Gasteiger partial charge on any atom is 0.264 e. The van der Waals surface area contributed by atoms with Gasteiger partial charge in [0.2, 0.25) is 11.8 Å². The van der Waals surface area contributed by atoms with E-state index in [1.54, 1.807) is 55.5 Å². The first-order valence-corrected chi connectivity index (χ1v) is 15.1. The summed E-state index contributed by atoms with van der Waals surface area (Å²) in [6, 6.07) is 18.0. The number of anilines is 1. The lowest BCUT2D eigenvalue weighted by Crippen LogP contribution is -2.51. The van der Waals surface area contributed by atoms with E-state index in [9.17, 15) is 18.0 Å². The fourth-order valence-electron chi connectivity index (χ4n) is 4.09. The predicted octanol–water partition coefficient (Wildman–Crippen LogP) is 5.65. The Kier molecular flexibility index (Phi) is 10.4. The van der Waals surface area contributed by atoms with Gasteiger partial charge in [0.05, 0.1) is 10.6 Å². The lowest BCUT2D eigenvalue weighted by atomic mass is 10.1. The van der Waals surface area contributed by atoms with Crippen LogP contribution in [0.2, 0.25) is 5.02 Å². The number of rotatable bonds is 11. The summed E-state index contributed by atoms with van der Waals surface area (Å²) in [5.74, 6) is -0.627. The predicted molar refractivity (Wildman–Crippen MR) is 161 cm³/mol. The molecule has 9 heteroatoms. The molecule has 0 unspecified atom stereocenters. The highest BCUT2D eigenvalue weighted by Crippen LogP contribution is 2.27. The number of carbonyl (C=O) groups excluding carboxylic acids is 2. The molecule has 0 aliphatic rings. The fourth-order valence-corrected chi connectivity index (χ4v) is 5.69. The van der Waals surface area contributed by atoms with Gasteiger partial charge in [0, 0.05) is 18.1 Å². The molecule has 3 aromatic rings. The van der Waals surface area contributed by atoms with Crippen LogP contribution in [-0.2, 0) is 26.2 Å². The van der Waals surface area contributed by atoms with Crippen molar-refractivity contribution in [2.75, 3.05) is 17.4 Å². The molecule has 0 saturated heterocycles. The van der Waals surface area contributed by atoms with E-state index in [1.807, 2.05) is 40.7 Å². The molecule has 3 rings (SSSR count). The summed E-state index contributed by atoms with van der Waals surface area (Å²) in [6.07, 6.45) is 0. The van der Waals surface area contributed by atoms with Gasteiger partial charge in [-0.25, -0.2) is 8.42 Å². The average molecular weight is 584 g/mol. The van der Waals surface area contributed by atoms with Crippen LogP contribution in [0.25, 0.3) is 0 Å². The highest BCUT2D eigenvalue weighted by atomic mass is 35.5. The highest BCUT2D eigenvalue weighted by molar-refractivity contribution is 7.92. The van der Waals surface area contributed by atoms with Crippen molar-refractivity contribution in [2.24, 2.45) is 5.92 Å². The summed E-state index contributed by atoms with van der Waals surface area (Å²) >= 11 is 6.41. The van der Waals surface area contributed by atoms with E-state index in [0.717, 1.165) is 21.0 Å². The van der Waals surface area contributed by atoms with Crippen molar-refractivity contribution in [2.45, 2.75) is 59.0 Å². The lowest BCUT2D eigenvalue weighted by molar-refractivity contribution is -0.139. The van der Waals surface area contributed by atoms with Gasteiger partial charge >= 0.3 is 0 Å². The Hall–Kier alpha value is -3.36. The fraction of sp³-hybridized carbons (Fsp3) is 0.355. The number of hydrogen-bond acceptors (Lipinski definition) is 4. The van der Waals surface area contributed by atoms with Crippen molar-refractivity contribution in [1.82, 2.24) is 10.2 Å². The van der Waals surface area contributed by atoms with E-state index in [-0.39, 0.29) is 23.3 Å². The first kappa shape index (κ1) is 31.2. The summed E-state index contributed by atoms with van der Waals surface area (Å²) < 4.78 is 29.0. The number of nitrogens with zero attached hydrogens (tertiary/aromatic N) is 2. The van der Waals surface area contributed by atoms with Crippen LogP contribution in [0, 0.1) is 26.7 Å². The van der Waals surface area contributed by atoms with Crippen molar-refractivity contribution >= 4 is 39.1 Å². The normalized spacial score (nSPS) is 12.2. The van der Waals surface area contributed by atoms with Gasteiger partial charge in [-0.05, 0) is 80.6 Å². The Morgan fingerprint density at radius 2 is 1.55 bits per heavy atom. The zero-order valence-corrected chi connectivity index (χ0v) is 25.5. The van der Waals surface area contributed by atoms with E-state index in [4.69, 9.17) is 11.6 Å². The van der Waals surface area contributed by atoms with Crippen molar-refractivity contribution in [3.63, 3.8) is 0 Å². The molecule has 0 spiro atoms. The maximum absolute atomic E-state index is 14.0. The number of aryl methyl sites for hydroxylation is 3. The van der Waals surface area contributed by atoms with E-state index < -0.39 is 28.5 Å². The molecule has 0 aliphatic heterocycles. The Labute approximate surface area is 243 Å². The Morgan fingerprint density at radius 3 is 2.15 bits per heavy atom. The molecule has 3 aromatic carbocycles. The first-order chi connectivity index (χ1) is 18.8. The third kappa shape index (κ3) is 7.64. The zero-order valence-electron chi connectivity index (χ0n) is 23.9. The van der Waals surface area contributed by atoms with Crippen molar-refractivity contribution < 1.29 is 18.0 Å². The maximum atomic E-state index is 14.0. The van der Waals surface area contributed by atoms with Crippen LogP contribution in [0.4, 0.5) is 5.69 Å². The monoisotopic (exact) mass is 583 g/mol. The second-order valence-corrected chi connectivity index (χ2v) is 12.8. The van der Waals surface area contributed by atoms with Crippen LogP contribution in [-0.4, -0.2) is 44.3 Å². The molecule has 1 N–H and O–H groups in total. The molecule has 0 aromatic heterocycles. The summed E-state index contributed by atoms with van der Waals surface area (Å²) in [5, 5.41) is 3.33. The van der Waals surface area contributed by atoms with Crippen LogP contribution in [0.5, 0.6) is 0 Å². The van der Waals surface area contributed by atoms with Crippen LogP contribution in [0.15, 0.2) is 71.6 Å². The van der Waals surface area contributed by atoms with Crippen LogP contribution in [0.3, 0.4) is 0 Å². The first-order valence-electron chi connectivity index (χ1n) is 13.3. The smallest absolute Gasteiger partial charge is 0.264 e. The summed E-state index contributed by atoms with van der Waals surface area (Å²) in [5.41, 5.74) is 3.83. The largest absolute Gasteiger partial charge is 0.354 e. The van der Waals surface area contributed by atoms with Gasteiger partial charge in [-0.15, -0.1) is 0 Å². The number of nitrogens with one attached hydrogen (secondary N) is 1. The molecule has 0 heterocycles. The summed E-state index contributed by atoms with van der Waals surface area (Å²) in [7, 11) is -4.12. The molecule has 0 fully saturated rings. The standard InChI is InChI=1S/C31H38ClN3O4S/c1-21(2)18-33-31(37)25(6)34(19-26-9-7-8-10-29(26)32)30(36)20-35(27-14-13-23(4)24(5)17-27)40(38,39)28-15-11-22(3)12-16-28/h7-17,21,25H,18-20H2,1-6H3,(H,33,37)/t25-/m0/s1. The minimum absolute atomic E-state index is 0.0418. The SMILES string of the molecule is Cc1ccc(S(=O)(=O)N(CC(=O)N(Cc2ccccc2Cl)[C@@H](C)C(=O)NCC(C)C)c2ccc(C)c(C)c2)cc1. The quantitative estimate of drug-likeness (QED) is 0.316. The van der Waals surface area contributed by atoms with Crippen LogP contribution in [0.1, 0.15) is 43.0 Å². The van der Waals surface area contributed by atoms with E-state index in [0.29, 0.717) is 22.8 Å². The molecule has 214 valence electrons. The average Bonchev–Trinajstić information content (AvgIpc) is 2.91. The van der Waals surface area contributed by atoms with Gasteiger partial charge in [0.15, 0.2) is 0 Å². The van der Waals surface area contributed by atoms with Crippen LogP contribution < -0.4 is 9.62 Å². The molecule has 0 bridgehead atoms. The third-order valence-electron chi connectivity index (χ3n) is 6.82. The zero-order chi connectivity index (χ0) is 29.6.